The van der Waals surface area contributed by atoms with E-state index in [4.69, 9.17) is 0 Å². The zero-order chi connectivity index (χ0) is 13.8. The van der Waals surface area contributed by atoms with Crippen molar-refractivity contribution in [3.05, 3.63) is 52.1 Å². The third-order valence-corrected chi connectivity index (χ3v) is 3.09. The average Bonchev–Trinajstić information content (AvgIpc) is 2.90. The molecule has 2 aromatic rings. The Morgan fingerprint density at radius 1 is 1.53 bits per heavy atom. The van der Waals surface area contributed by atoms with Crippen molar-refractivity contribution in [2.75, 3.05) is 7.05 Å². The molecule has 1 aromatic heterocycles. The van der Waals surface area contributed by atoms with Gasteiger partial charge in [-0.3, -0.25) is 20.1 Å². The Morgan fingerprint density at radius 3 is 2.95 bits per heavy atom. The van der Waals surface area contributed by atoms with Gasteiger partial charge in [0.1, 0.15) is 12.2 Å². The summed E-state index contributed by atoms with van der Waals surface area (Å²) in [5.41, 5.74) is 1.01. The van der Waals surface area contributed by atoms with Crippen molar-refractivity contribution in [2.45, 2.75) is 19.5 Å². The normalized spacial score (nSPS) is 12.6. The first-order valence-electron chi connectivity index (χ1n) is 5.86. The predicted octanol–water partition coefficient (Wildman–Crippen LogP) is 1.91. The van der Waals surface area contributed by atoms with E-state index in [1.165, 1.54) is 12.4 Å². The molecule has 0 radical (unpaired) electrons. The lowest BCUT2D eigenvalue weighted by atomic mass is 10.1. The van der Waals surface area contributed by atoms with E-state index in [2.05, 4.69) is 15.2 Å². The summed E-state index contributed by atoms with van der Waals surface area (Å²) in [7, 11) is 1.94. The van der Waals surface area contributed by atoms with Gasteiger partial charge in [-0.15, -0.1) is 0 Å². The first-order valence-corrected chi connectivity index (χ1v) is 5.86. The second kappa shape index (κ2) is 5.57. The molecule has 7 heteroatoms. The third-order valence-electron chi connectivity index (χ3n) is 3.09. The molecule has 0 aliphatic heterocycles. The molecule has 1 heterocycles. The second-order valence-corrected chi connectivity index (χ2v) is 4.38. The quantitative estimate of drug-likeness (QED) is 0.656. The van der Waals surface area contributed by atoms with Crippen LogP contribution in [0, 0.1) is 10.1 Å². The first kappa shape index (κ1) is 13.2. The van der Waals surface area contributed by atoms with Crippen LogP contribution in [0.3, 0.4) is 0 Å². The van der Waals surface area contributed by atoms with Crippen molar-refractivity contribution in [2.24, 2.45) is 0 Å². The van der Waals surface area contributed by atoms with Gasteiger partial charge >= 0.3 is 0 Å². The molecule has 100 valence electrons. The topological polar surface area (TPSA) is 87.9 Å². The lowest BCUT2D eigenvalue weighted by Gasteiger charge is -2.23. The number of hydrogen-bond acceptors (Lipinski definition) is 5. The van der Waals surface area contributed by atoms with Crippen LogP contribution in [0.2, 0.25) is 0 Å². The highest BCUT2D eigenvalue weighted by molar-refractivity contribution is 5.35. The summed E-state index contributed by atoms with van der Waals surface area (Å²) in [6, 6.07) is 6.72. The summed E-state index contributed by atoms with van der Waals surface area (Å²) < 4.78 is 0. The van der Waals surface area contributed by atoms with Gasteiger partial charge in [-0.25, -0.2) is 4.98 Å². The van der Waals surface area contributed by atoms with Crippen LogP contribution in [-0.2, 0) is 6.54 Å². The fraction of sp³-hybridized carbons (Fsp3) is 0.333. The Labute approximate surface area is 110 Å². The maximum Gasteiger partial charge on any atom is 0.269 e. The maximum absolute atomic E-state index is 10.8. The molecule has 1 N–H and O–H groups in total. The minimum absolute atomic E-state index is 0.0463. The highest BCUT2D eigenvalue weighted by atomic mass is 16.6. The lowest BCUT2D eigenvalue weighted by Crippen LogP contribution is -2.22. The molecule has 0 amide bonds. The number of rotatable bonds is 5. The Morgan fingerprint density at radius 2 is 2.32 bits per heavy atom. The van der Waals surface area contributed by atoms with Crippen LogP contribution in [-0.4, -0.2) is 32.1 Å². The molecule has 2 rings (SSSR count). The monoisotopic (exact) mass is 261 g/mol. The Hall–Kier alpha value is -2.28. The van der Waals surface area contributed by atoms with E-state index in [1.807, 2.05) is 24.9 Å². The molecule has 0 saturated carbocycles. The number of aromatic nitrogens is 3. The van der Waals surface area contributed by atoms with E-state index in [-0.39, 0.29) is 16.7 Å². The fourth-order valence-electron chi connectivity index (χ4n) is 1.83. The molecule has 0 unspecified atom stereocenters. The van der Waals surface area contributed by atoms with Gasteiger partial charge in [0.05, 0.1) is 11.5 Å². The van der Waals surface area contributed by atoms with Gasteiger partial charge in [0.25, 0.3) is 5.69 Å². The maximum atomic E-state index is 10.8. The molecule has 1 aromatic carbocycles. The second-order valence-electron chi connectivity index (χ2n) is 4.38. The summed E-state index contributed by atoms with van der Waals surface area (Å²) in [6.45, 7) is 2.60. The zero-order valence-corrected chi connectivity index (χ0v) is 10.8. The number of nitrogens with one attached hydrogen (secondary N) is 1. The summed E-state index contributed by atoms with van der Waals surface area (Å²) in [5.74, 6) is 0.764. The summed E-state index contributed by atoms with van der Waals surface area (Å²) in [5, 5.41) is 17.4. The van der Waals surface area contributed by atoms with Gasteiger partial charge in [-0.05, 0) is 19.5 Å². The van der Waals surface area contributed by atoms with Crippen LogP contribution >= 0.6 is 0 Å². The zero-order valence-electron chi connectivity index (χ0n) is 10.8. The minimum Gasteiger partial charge on any atom is -0.292 e. The molecule has 0 aliphatic carbocycles. The van der Waals surface area contributed by atoms with Crippen molar-refractivity contribution in [1.82, 2.24) is 20.1 Å². The number of nitro benzene ring substituents is 1. The van der Waals surface area contributed by atoms with Crippen LogP contribution in [0.25, 0.3) is 0 Å². The van der Waals surface area contributed by atoms with Crippen molar-refractivity contribution in [1.29, 1.82) is 0 Å². The van der Waals surface area contributed by atoms with Gasteiger partial charge < -0.3 is 0 Å². The lowest BCUT2D eigenvalue weighted by molar-refractivity contribution is -0.384. The van der Waals surface area contributed by atoms with Gasteiger partial charge in [0.2, 0.25) is 0 Å². The summed E-state index contributed by atoms with van der Waals surface area (Å²) in [6.07, 6.45) is 1.46. The molecular weight excluding hydrogens is 246 g/mol. The first-order chi connectivity index (χ1) is 9.08. The van der Waals surface area contributed by atoms with Crippen molar-refractivity contribution in [3.63, 3.8) is 0 Å². The smallest absolute Gasteiger partial charge is 0.269 e. The van der Waals surface area contributed by atoms with Crippen molar-refractivity contribution >= 4 is 5.69 Å². The molecule has 0 saturated heterocycles. The third kappa shape index (κ3) is 3.14. The highest BCUT2D eigenvalue weighted by Crippen LogP contribution is 2.23. The van der Waals surface area contributed by atoms with Crippen LogP contribution < -0.4 is 0 Å². The number of benzene rings is 1. The number of aromatic amines is 1. The van der Waals surface area contributed by atoms with Gasteiger partial charge in [0.15, 0.2) is 0 Å². The van der Waals surface area contributed by atoms with Gasteiger partial charge in [-0.2, -0.15) is 5.10 Å². The molecule has 7 nitrogen and oxygen atoms in total. The number of nitrogens with zero attached hydrogens (tertiary/aromatic N) is 4. The van der Waals surface area contributed by atoms with E-state index in [0.29, 0.717) is 6.54 Å². The molecule has 0 spiro atoms. The van der Waals surface area contributed by atoms with Crippen LogP contribution in [0.4, 0.5) is 5.69 Å². The van der Waals surface area contributed by atoms with E-state index >= 15 is 0 Å². The molecule has 0 aliphatic rings. The van der Waals surface area contributed by atoms with Crippen LogP contribution in [0.5, 0.6) is 0 Å². The summed E-state index contributed by atoms with van der Waals surface area (Å²) in [4.78, 5) is 16.5. The number of non-ortho nitro benzene ring substituents is 1. The molecular formula is C12H15N5O2. The highest BCUT2D eigenvalue weighted by Gasteiger charge is 2.15. The fourth-order valence-corrected chi connectivity index (χ4v) is 1.83. The van der Waals surface area contributed by atoms with Crippen LogP contribution in [0.1, 0.15) is 24.4 Å². The minimum atomic E-state index is -0.382. The Balaban J connectivity index is 2.12. The van der Waals surface area contributed by atoms with E-state index < -0.39 is 0 Å². The van der Waals surface area contributed by atoms with Crippen molar-refractivity contribution < 1.29 is 4.92 Å². The SMILES string of the molecule is C[C@@H](c1cccc([N+](=O)[O-])c1)N(C)Cc1ncn[nH]1. The number of H-pyrrole nitrogens is 1. The summed E-state index contributed by atoms with van der Waals surface area (Å²) >= 11 is 0. The number of nitro groups is 1. The van der Waals surface area contributed by atoms with Gasteiger partial charge in [-0.1, -0.05) is 12.1 Å². The largest absolute Gasteiger partial charge is 0.292 e. The van der Waals surface area contributed by atoms with E-state index in [1.54, 1.807) is 12.1 Å². The standard InChI is InChI=1S/C12H15N5O2/c1-9(16(2)7-12-13-8-14-15-12)10-4-3-5-11(6-10)17(18)19/h3-6,8-9H,7H2,1-2H3,(H,13,14,15)/t9-/m0/s1. The van der Waals surface area contributed by atoms with Crippen LogP contribution in [0.15, 0.2) is 30.6 Å². The molecule has 0 bridgehead atoms. The van der Waals surface area contributed by atoms with Gasteiger partial charge in [0, 0.05) is 18.2 Å². The number of hydrogen-bond donors (Lipinski definition) is 1. The van der Waals surface area contributed by atoms with E-state index in [9.17, 15) is 10.1 Å². The molecule has 19 heavy (non-hydrogen) atoms. The Bertz CT molecular complexity index is 555. The van der Waals surface area contributed by atoms with E-state index in [0.717, 1.165) is 11.4 Å². The predicted molar refractivity (Wildman–Crippen MR) is 69.4 cm³/mol. The average molecular weight is 261 g/mol. The molecule has 0 fully saturated rings. The Kier molecular flexibility index (Phi) is 3.86. The molecule has 1 atom stereocenters. The van der Waals surface area contributed by atoms with Crippen molar-refractivity contribution in [3.8, 4) is 0 Å².